The van der Waals surface area contributed by atoms with E-state index in [9.17, 15) is 9.59 Å². The fourth-order valence-electron chi connectivity index (χ4n) is 1.92. The van der Waals surface area contributed by atoms with E-state index in [0.717, 1.165) is 11.4 Å². The van der Waals surface area contributed by atoms with Gasteiger partial charge in [0.2, 0.25) is 0 Å². The fourth-order valence-corrected chi connectivity index (χ4v) is 1.92. The summed E-state index contributed by atoms with van der Waals surface area (Å²) < 4.78 is 0. The number of hydrogen-bond donors (Lipinski definition) is 2. The Morgan fingerprint density at radius 1 is 0.778 bits per heavy atom. The van der Waals surface area contributed by atoms with Crippen molar-refractivity contribution in [2.75, 3.05) is 0 Å². The van der Waals surface area contributed by atoms with E-state index in [-0.39, 0.29) is 20.3 Å². The molecule has 8 nitrogen and oxygen atoms in total. The molecule has 2 aromatic heterocycles. The monoisotopic (exact) mass is 368 g/mol. The average Bonchev–Trinajstić information content (AvgIpc) is 2.55. The molecule has 2 rings (SSSR count). The second kappa shape index (κ2) is 12.6. The molecule has 2 N–H and O–H groups in total. The van der Waals surface area contributed by atoms with Crippen molar-refractivity contribution in [1.82, 2.24) is 9.97 Å². The number of nitrogens with zero attached hydrogens (tertiary/aromatic N) is 4. The number of carboxylic acids is 2. The van der Waals surface area contributed by atoms with Crippen LogP contribution in [0.1, 0.15) is 30.2 Å². The molecule has 0 aliphatic heterocycles. The molecule has 2 heterocycles. The molecule has 0 amide bonds. The highest BCUT2D eigenvalue weighted by Gasteiger charge is 2.05. The van der Waals surface area contributed by atoms with Crippen LogP contribution in [0.3, 0.4) is 0 Å². The Hall–Kier alpha value is -3.78. The molecule has 0 unspecified atom stereocenters. The van der Waals surface area contributed by atoms with Gasteiger partial charge >= 0.3 is 11.9 Å². The van der Waals surface area contributed by atoms with Gasteiger partial charge in [-0.05, 0) is 24.3 Å². The van der Waals surface area contributed by atoms with E-state index in [0.29, 0.717) is 24.2 Å². The van der Waals surface area contributed by atoms with Gasteiger partial charge in [0.25, 0.3) is 0 Å². The second-order valence-corrected chi connectivity index (χ2v) is 5.05. The van der Waals surface area contributed by atoms with E-state index in [1.807, 2.05) is 18.2 Å². The maximum Gasteiger partial charge on any atom is 0.309 e. The molecule has 2 aromatic rings. The highest BCUT2D eigenvalue weighted by molar-refractivity contribution is 5.70. The number of rotatable bonds is 6. The Kier molecular flexibility index (Phi) is 10.8. The van der Waals surface area contributed by atoms with Crippen LogP contribution in [0.5, 0.6) is 0 Å². The number of pyridine rings is 2. The van der Waals surface area contributed by atoms with Crippen LogP contribution in [0, 0.1) is 22.7 Å². The van der Waals surface area contributed by atoms with E-state index >= 15 is 0 Å². The zero-order chi connectivity index (χ0) is 19.4. The average molecular weight is 368 g/mol. The van der Waals surface area contributed by atoms with Crippen molar-refractivity contribution in [2.45, 2.75) is 33.1 Å². The summed E-state index contributed by atoms with van der Waals surface area (Å²) >= 11 is 0. The zero-order valence-corrected chi connectivity index (χ0v) is 13.8. The Morgan fingerprint density at radius 2 is 1.11 bits per heavy atom. The highest BCUT2D eigenvalue weighted by atomic mass is 16.4. The molecule has 0 aliphatic rings. The molecule has 8 heteroatoms. The minimum Gasteiger partial charge on any atom is -0.481 e. The Morgan fingerprint density at radius 3 is 1.44 bits per heavy atom. The molecule has 0 saturated heterocycles. The molecule has 0 fully saturated rings. The van der Waals surface area contributed by atoms with Gasteiger partial charge in [-0.2, -0.15) is 10.5 Å². The number of aliphatic carboxylic acids is 2. The zero-order valence-electron chi connectivity index (χ0n) is 13.8. The summed E-state index contributed by atoms with van der Waals surface area (Å²) in [5.41, 5.74) is 2.20. The lowest BCUT2D eigenvalue weighted by Crippen LogP contribution is -2.06. The smallest absolute Gasteiger partial charge is 0.309 e. The van der Waals surface area contributed by atoms with Crippen molar-refractivity contribution in [2.24, 2.45) is 0 Å². The molecule has 0 spiro atoms. The summed E-state index contributed by atoms with van der Waals surface area (Å²) in [6.07, 6.45) is 0.236. The molecule has 0 aliphatic carbocycles. The van der Waals surface area contributed by atoms with E-state index in [4.69, 9.17) is 20.7 Å². The van der Waals surface area contributed by atoms with Gasteiger partial charge in [0, 0.05) is 0 Å². The first kappa shape index (κ1) is 23.2. The van der Waals surface area contributed by atoms with Gasteiger partial charge < -0.3 is 10.2 Å². The number of aromatic nitrogens is 2. The summed E-state index contributed by atoms with van der Waals surface area (Å²) in [5.74, 6) is -1.96. The number of carboxylic acid groups (broad SMARTS) is 2. The van der Waals surface area contributed by atoms with Crippen molar-refractivity contribution >= 4 is 11.9 Å². The highest BCUT2D eigenvalue weighted by Crippen LogP contribution is 2.02. The SMILES string of the molecule is C.N#CCc1cccc(CC#N)n1.O=C(O)Cc1cccc(CC(=O)O)n1. The van der Waals surface area contributed by atoms with Gasteiger partial charge in [0.15, 0.2) is 0 Å². The molecule has 0 atom stereocenters. The van der Waals surface area contributed by atoms with Crippen LogP contribution in [-0.4, -0.2) is 32.1 Å². The topological polar surface area (TPSA) is 148 Å². The van der Waals surface area contributed by atoms with Gasteiger partial charge in [0.05, 0.1) is 60.6 Å². The number of nitriles is 2. The molecular formula is C19H20N4O4. The van der Waals surface area contributed by atoms with Crippen LogP contribution in [0.15, 0.2) is 36.4 Å². The van der Waals surface area contributed by atoms with Gasteiger partial charge in [-0.1, -0.05) is 19.6 Å². The summed E-state index contributed by atoms with van der Waals surface area (Å²) in [4.78, 5) is 28.7. The molecule has 0 radical (unpaired) electrons. The molecule has 0 aromatic carbocycles. The van der Waals surface area contributed by atoms with Crippen molar-refractivity contribution in [1.29, 1.82) is 10.5 Å². The van der Waals surface area contributed by atoms with Crippen LogP contribution < -0.4 is 0 Å². The lowest BCUT2D eigenvalue weighted by atomic mass is 10.2. The van der Waals surface area contributed by atoms with Crippen molar-refractivity contribution in [3.05, 3.63) is 59.2 Å². The fraction of sp³-hybridized carbons (Fsp3) is 0.263. The third kappa shape index (κ3) is 9.95. The van der Waals surface area contributed by atoms with Crippen LogP contribution >= 0.6 is 0 Å². The second-order valence-electron chi connectivity index (χ2n) is 5.05. The van der Waals surface area contributed by atoms with Gasteiger partial charge in [-0.15, -0.1) is 0 Å². The van der Waals surface area contributed by atoms with Gasteiger partial charge in [-0.25, -0.2) is 0 Å². The van der Waals surface area contributed by atoms with E-state index in [1.165, 1.54) is 0 Å². The first-order valence-electron chi connectivity index (χ1n) is 7.51. The largest absolute Gasteiger partial charge is 0.481 e. The van der Waals surface area contributed by atoms with Crippen molar-refractivity contribution in [3.8, 4) is 12.1 Å². The first-order valence-corrected chi connectivity index (χ1v) is 7.51. The maximum absolute atomic E-state index is 10.3. The Balaban J connectivity index is 0.000000488. The van der Waals surface area contributed by atoms with E-state index < -0.39 is 11.9 Å². The minimum atomic E-state index is -0.982. The Bertz CT molecular complexity index is 791. The van der Waals surface area contributed by atoms with Crippen LogP contribution in [0.25, 0.3) is 0 Å². The number of carbonyl (C=O) groups is 2. The van der Waals surface area contributed by atoms with Crippen molar-refractivity contribution in [3.63, 3.8) is 0 Å². The summed E-state index contributed by atoms with van der Waals surface area (Å²) in [6.45, 7) is 0. The quantitative estimate of drug-likeness (QED) is 0.788. The van der Waals surface area contributed by atoms with E-state index in [1.54, 1.807) is 30.3 Å². The third-order valence-corrected chi connectivity index (χ3v) is 2.91. The molecule has 140 valence electrons. The van der Waals surface area contributed by atoms with E-state index in [2.05, 4.69) is 9.97 Å². The molecular weight excluding hydrogens is 348 g/mol. The molecule has 27 heavy (non-hydrogen) atoms. The van der Waals surface area contributed by atoms with Crippen LogP contribution in [0.2, 0.25) is 0 Å². The summed E-state index contributed by atoms with van der Waals surface area (Å²) in [6, 6.07) is 14.1. The van der Waals surface area contributed by atoms with Gasteiger partial charge in [-0.3, -0.25) is 19.6 Å². The normalized spacial score (nSPS) is 8.81. The predicted molar refractivity (Wildman–Crippen MR) is 96.5 cm³/mol. The predicted octanol–water partition coefficient (Wildman–Crippen LogP) is 2.19. The van der Waals surface area contributed by atoms with Gasteiger partial charge in [0.1, 0.15) is 0 Å². The lowest BCUT2D eigenvalue weighted by molar-refractivity contribution is -0.137. The third-order valence-electron chi connectivity index (χ3n) is 2.91. The summed E-state index contributed by atoms with van der Waals surface area (Å²) in [5, 5.41) is 33.7. The maximum atomic E-state index is 10.3. The number of hydrogen-bond acceptors (Lipinski definition) is 6. The molecule has 0 bridgehead atoms. The first-order chi connectivity index (χ1) is 12.4. The summed E-state index contributed by atoms with van der Waals surface area (Å²) in [7, 11) is 0. The van der Waals surface area contributed by atoms with Crippen molar-refractivity contribution < 1.29 is 19.8 Å². The van der Waals surface area contributed by atoms with Crippen LogP contribution in [-0.2, 0) is 35.3 Å². The van der Waals surface area contributed by atoms with Crippen LogP contribution in [0.4, 0.5) is 0 Å². The molecule has 0 saturated carbocycles. The minimum absolute atomic E-state index is 0. The Labute approximate surface area is 157 Å². The lowest BCUT2D eigenvalue weighted by Gasteiger charge is -1.99. The standard InChI is InChI=1S/C9H7N3.C9H9NO4.CH4/c10-6-4-8-2-1-3-9(12-8)5-7-11;11-8(12)4-6-2-1-3-7(10-6)5-9(13)14;/h1-3H,4-5H2;1-3H,4-5H2,(H,11,12)(H,13,14);1H4.